The van der Waals surface area contributed by atoms with Crippen molar-refractivity contribution in [3.05, 3.63) is 124 Å². The number of hydrogen-bond acceptors (Lipinski definition) is 10. The third kappa shape index (κ3) is 6.77. The van der Waals surface area contributed by atoms with E-state index in [1.807, 2.05) is 42.5 Å². The van der Waals surface area contributed by atoms with Crippen molar-refractivity contribution >= 4 is 38.9 Å². The summed E-state index contributed by atoms with van der Waals surface area (Å²) in [5.74, 6) is -0.789. The van der Waals surface area contributed by atoms with Gasteiger partial charge in [0, 0.05) is 53.7 Å². The maximum absolute atomic E-state index is 15.0. The molecule has 0 radical (unpaired) electrons. The number of likely N-dealkylation sites (tertiary alicyclic amines) is 1. The molecule has 11 nitrogen and oxygen atoms in total. The smallest absolute Gasteiger partial charge is 0.298 e. The monoisotopic (exact) mass is 724 g/mol. The molecule has 0 saturated carbocycles. The van der Waals surface area contributed by atoms with Crippen LogP contribution in [-0.2, 0) is 18.7 Å². The molecule has 6 aromatic rings. The number of nitrogens with one attached hydrogen (secondary N) is 1. The number of anilines is 3. The maximum atomic E-state index is 15.0. The predicted octanol–water partition coefficient (Wildman–Crippen LogP) is 5.18. The number of rotatable bonds is 10. The van der Waals surface area contributed by atoms with Crippen LogP contribution in [-0.4, -0.2) is 67.9 Å². The van der Waals surface area contributed by atoms with Crippen LogP contribution < -0.4 is 26.2 Å². The van der Waals surface area contributed by atoms with E-state index in [0.29, 0.717) is 48.8 Å². The van der Waals surface area contributed by atoms with Crippen LogP contribution in [0.3, 0.4) is 0 Å². The predicted molar refractivity (Wildman–Crippen MR) is 197 cm³/mol. The summed E-state index contributed by atoms with van der Waals surface area (Å²) in [7, 11) is 0. The summed E-state index contributed by atoms with van der Waals surface area (Å²) in [6.07, 6.45) is 6.50. The lowest BCUT2D eigenvalue weighted by atomic mass is 9.91. The molecule has 1 fully saturated rings. The van der Waals surface area contributed by atoms with Crippen LogP contribution in [0.2, 0.25) is 0 Å². The zero-order valence-electron chi connectivity index (χ0n) is 28.3. The summed E-state index contributed by atoms with van der Waals surface area (Å²) < 4.78 is 38.0. The topological polar surface area (TPSA) is 127 Å². The van der Waals surface area contributed by atoms with Gasteiger partial charge in [0.05, 0.1) is 36.3 Å². The highest BCUT2D eigenvalue weighted by Gasteiger charge is 2.36. The van der Waals surface area contributed by atoms with Crippen molar-refractivity contribution in [1.82, 2.24) is 29.3 Å². The van der Waals surface area contributed by atoms with Gasteiger partial charge in [-0.2, -0.15) is 0 Å². The average Bonchev–Trinajstić information content (AvgIpc) is 3.81. The molecule has 0 aliphatic carbocycles. The number of hydrogen-bond donors (Lipinski definition) is 3. The van der Waals surface area contributed by atoms with E-state index < -0.39 is 17.2 Å². The number of aliphatic hydroxyl groups is 1. The second-order valence-corrected chi connectivity index (χ2v) is 14.5. The first-order valence-electron chi connectivity index (χ1n) is 17.2. The van der Waals surface area contributed by atoms with Gasteiger partial charge in [0.2, 0.25) is 0 Å². The van der Waals surface area contributed by atoms with Gasteiger partial charge in [-0.1, -0.05) is 24.3 Å². The third-order valence-corrected chi connectivity index (χ3v) is 10.9. The standard InChI is InChI=1S/C38H38F2N8O3S/c39-25-6-8-30(31(40)18-25)38(50,23-46-15-12-42-24-46)22-45-13-10-26(11-14-45)43-21-29-20-33-36(52-29)44-35(41)37(49)48(33)28-7-9-34-32(19-28)47(16-17-51-34)27-4-2-1-3-5-27/h1-9,12,15,18-20,24,26,43,50H,10-11,13-14,16-17,21-23H2,(H2,41,44)/t38-/m1/s1. The lowest BCUT2D eigenvalue weighted by Crippen LogP contribution is -2.49. The Morgan fingerprint density at radius 3 is 2.60 bits per heavy atom. The summed E-state index contributed by atoms with van der Waals surface area (Å²) in [5, 5.41) is 15.5. The second kappa shape index (κ2) is 14.1. The molecule has 8 rings (SSSR count). The number of thiophene rings is 1. The summed E-state index contributed by atoms with van der Waals surface area (Å²) in [6.45, 7) is 3.42. The van der Waals surface area contributed by atoms with Crippen LogP contribution in [0, 0.1) is 11.6 Å². The van der Waals surface area contributed by atoms with Crippen molar-refractivity contribution in [2.75, 3.05) is 43.4 Å². The first kappa shape index (κ1) is 34.0. The van der Waals surface area contributed by atoms with Gasteiger partial charge in [-0.25, -0.2) is 18.7 Å². The van der Waals surface area contributed by atoms with Crippen LogP contribution in [0.25, 0.3) is 16.0 Å². The first-order chi connectivity index (χ1) is 25.2. The number of nitrogen functional groups attached to an aromatic ring is 1. The van der Waals surface area contributed by atoms with E-state index in [-0.39, 0.29) is 36.1 Å². The fourth-order valence-electron chi connectivity index (χ4n) is 7.29. The quantitative estimate of drug-likeness (QED) is 0.175. The lowest BCUT2D eigenvalue weighted by molar-refractivity contribution is -0.0247. The Morgan fingerprint density at radius 1 is 1.00 bits per heavy atom. The Morgan fingerprint density at radius 2 is 1.83 bits per heavy atom. The highest BCUT2D eigenvalue weighted by Crippen LogP contribution is 2.39. The number of imidazole rings is 1. The molecule has 1 atom stereocenters. The Balaban J connectivity index is 0.969. The van der Waals surface area contributed by atoms with Crippen molar-refractivity contribution in [3.63, 3.8) is 0 Å². The molecule has 0 spiro atoms. The molecule has 5 heterocycles. The number of fused-ring (bicyclic) bond motifs is 2. The van der Waals surface area contributed by atoms with Crippen LogP contribution in [0.15, 0.2) is 96.3 Å². The Labute approximate surface area is 302 Å². The van der Waals surface area contributed by atoms with Gasteiger partial charge < -0.3 is 30.4 Å². The van der Waals surface area contributed by atoms with Crippen molar-refractivity contribution < 1.29 is 18.6 Å². The number of benzene rings is 3. The van der Waals surface area contributed by atoms with Gasteiger partial charge in [0.25, 0.3) is 5.56 Å². The molecule has 2 aliphatic heterocycles. The molecule has 0 bridgehead atoms. The number of nitrogens with two attached hydrogens (primary N) is 1. The van der Waals surface area contributed by atoms with Crippen LogP contribution in [0.5, 0.6) is 5.75 Å². The minimum Gasteiger partial charge on any atom is -0.490 e. The Kier molecular flexibility index (Phi) is 9.22. The van der Waals surface area contributed by atoms with E-state index in [4.69, 9.17) is 10.5 Å². The minimum atomic E-state index is -1.59. The molecular weight excluding hydrogens is 687 g/mol. The van der Waals surface area contributed by atoms with Gasteiger partial charge in [0.1, 0.15) is 34.4 Å². The maximum Gasteiger partial charge on any atom is 0.298 e. The molecule has 4 N–H and O–H groups in total. The van der Waals surface area contributed by atoms with E-state index in [9.17, 15) is 18.7 Å². The van der Waals surface area contributed by atoms with Gasteiger partial charge in [-0.15, -0.1) is 11.3 Å². The largest absolute Gasteiger partial charge is 0.490 e. The zero-order chi connectivity index (χ0) is 35.8. The fraction of sp³-hybridized carbons (Fsp3) is 0.289. The van der Waals surface area contributed by atoms with Gasteiger partial charge in [-0.3, -0.25) is 14.3 Å². The van der Waals surface area contributed by atoms with E-state index in [2.05, 4.69) is 37.2 Å². The average molecular weight is 725 g/mol. The Hall–Kier alpha value is -5.15. The molecule has 3 aromatic heterocycles. The van der Waals surface area contributed by atoms with Gasteiger partial charge in [-0.05, 0) is 68.4 Å². The molecule has 0 unspecified atom stereocenters. The van der Waals surface area contributed by atoms with E-state index in [0.717, 1.165) is 40.9 Å². The van der Waals surface area contributed by atoms with Crippen LogP contribution in [0.1, 0.15) is 23.3 Å². The van der Waals surface area contributed by atoms with Crippen LogP contribution >= 0.6 is 11.3 Å². The molecule has 2 aliphatic rings. The van der Waals surface area contributed by atoms with E-state index in [1.54, 1.807) is 27.9 Å². The van der Waals surface area contributed by atoms with E-state index in [1.165, 1.54) is 23.5 Å². The Bertz CT molecular complexity index is 2260. The van der Waals surface area contributed by atoms with Gasteiger partial charge >= 0.3 is 0 Å². The number of β-amino-alcohol motifs (C(OH)–C–C–N with tert-alkyl or cyclic N) is 1. The summed E-state index contributed by atoms with van der Waals surface area (Å²) in [6, 6.07) is 21.3. The molecule has 1 saturated heterocycles. The summed E-state index contributed by atoms with van der Waals surface area (Å²) in [4.78, 5) is 28.0. The molecular formula is C38H38F2N8O3S. The third-order valence-electron chi connectivity index (χ3n) is 9.84. The highest BCUT2D eigenvalue weighted by atomic mass is 32.1. The molecule has 14 heteroatoms. The summed E-state index contributed by atoms with van der Waals surface area (Å²) >= 11 is 1.49. The molecule has 0 amide bonds. The zero-order valence-corrected chi connectivity index (χ0v) is 29.1. The number of ether oxygens (including phenoxy) is 1. The number of halogens is 2. The number of nitrogens with zero attached hydrogens (tertiary/aromatic N) is 6. The molecule has 268 valence electrons. The van der Waals surface area contributed by atoms with Crippen molar-refractivity contribution in [2.45, 2.75) is 37.6 Å². The molecule has 52 heavy (non-hydrogen) atoms. The summed E-state index contributed by atoms with van der Waals surface area (Å²) in [5.41, 5.74) is 7.52. The minimum absolute atomic E-state index is 0.0533. The van der Waals surface area contributed by atoms with Crippen molar-refractivity contribution in [3.8, 4) is 11.4 Å². The fourth-order valence-corrected chi connectivity index (χ4v) is 8.26. The highest BCUT2D eigenvalue weighted by molar-refractivity contribution is 7.18. The number of aromatic nitrogens is 4. The van der Waals surface area contributed by atoms with Crippen molar-refractivity contribution in [2.24, 2.45) is 0 Å². The normalized spacial score (nSPS) is 16.5. The second-order valence-electron chi connectivity index (χ2n) is 13.4. The van der Waals surface area contributed by atoms with Gasteiger partial charge in [0.15, 0.2) is 5.82 Å². The number of para-hydroxylation sites is 1. The van der Waals surface area contributed by atoms with Crippen molar-refractivity contribution in [1.29, 1.82) is 0 Å². The first-order valence-corrected chi connectivity index (χ1v) is 18.1. The number of piperidine rings is 1. The van der Waals surface area contributed by atoms with Crippen LogP contribution in [0.4, 0.5) is 26.0 Å². The SMILES string of the molecule is Nc1nc2sc(CNC3CCN(C[C@@](O)(Cn4ccnc4)c4ccc(F)cc4F)CC3)cc2n(-c2ccc3c(c2)N(c2ccccc2)CCO3)c1=O. The van der Waals surface area contributed by atoms with E-state index >= 15 is 0 Å². The lowest BCUT2D eigenvalue weighted by Gasteiger charge is -2.39. The molecule has 3 aromatic carbocycles.